The first-order valence-corrected chi connectivity index (χ1v) is 11.8. The zero-order valence-electron chi connectivity index (χ0n) is 15.9. The number of furan rings is 1. The maximum atomic E-state index is 11.9. The molecular formula is C22H19ClN2O3S2. The van der Waals surface area contributed by atoms with Crippen LogP contribution in [-0.2, 0) is 4.79 Å². The van der Waals surface area contributed by atoms with Crippen LogP contribution in [0, 0.1) is 0 Å². The molecular weight excluding hydrogens is 440 g/mol. The molecule has 0 aliphatic carbocycles. The Kier molecular flexibility index (Phi) is 7.04. The highest BCUT2D eigenvalue weighted by atomic mass is 35.5. The molecule has 5 nitrogen and oxygen atoms in total. The number of thioether (sulfide) groups is 2. The molecule has 3 aromatic rings. The number of hydrogen-bond acceptors (Lipinski definition) is 6. The van der Waals surface area contributed by atoms with Crippen LogP contribution in [0.1, 0.15) is 15.9 Å². The number of hydrogen-bond donors (Lipinski definition) is 1. The van der Waals surface area contributed by atoms with Crippen LogP contribution in [0.4, 0.5) is 0 Å². The third-order valence-corrected chi connectivity index (χ3v) is 7.60. The van der Waals surface area contributed by atoms with E-state index in [1.807, 2.05) is 59.9 Å². The highest BCUT2D eigenvalue weighted by molar-refractivity contribution is 8.19. The summed E-state index contributed by atoms with van der Waals surface area (Å²) >= 11 is 9.91. The van der Waals surface area contributed by atoms with Crippen molar-refractivity contribution in [2.45, 2.75) is 4.58 Å². The zero-order chi connectivity index (χ0) is 20.8. The van der Waals surface area contributed by atoms with Gasteiger partial charge in [-0.25, -0.2) is 5.43 Å². The summed E-state index contributed by atoms with van der Waals surface area (Å²) in [7, 11) is 0. The normalized spacial score (nSPS) is 14.3. The van der Waals surface area contributed by atoms with E-state index in [2.05, 4.69) is 22.7 Å². The fourth-order valence-electron chi connectivity index (χ4n) is 2.84. The van der Waals surface area contributed by atoms with Crippen molar-refractivity contribution in [3.8, 4) is 17.1 Å². The van der Waals surface area contributed by atoms with Gasteiger partial charge in [0, 0.05) is 22.1 Å². The van der Waals surface area contributed by atoms with Gasteiger partial charge in [0.1, 0.15) is 17.3 Å². The van der Waals surface area contributed by atoms with E-state index in [9.17, 15) is 4.79 Å². The summed E-state index contributed by atoms with van der Waals surface area (Å²) < 4.78 is 11.7. The van der Waals surface area contributed by atoms with Crippen LogP contribution < -0.4 is 10.2 Å². The number of nitrogens with zero attached hydrogens (tertiary/aromatic N) is 1. The van der Waals surface area contributed by atoms with E-state index in [-0.39, 0.29) is 12.5 Å². The number of rotatable bonds is 7. The monoisotopic (exact) mass is 458 g/mol. The van der Waals surface area contributed by atoms with Crippen molar-refractivity contribution in [2.24, 2.45) is 5.10 Å². The number of nitrogens with one attached hydrogen (secondary N) is 1. The molecule has 0 radical (unpaired) electrons. The minimum Gasteiger partial charge on any atom is -0.484 e. The Labute approximate surface area is 188 Å². The van der Waals surface area contributed by atoms with Crippen molar-refractivity contribution in [3.05, 3.63) is 77.0 Å². The van der Waals surface area contributed by atoms with Gasteiger partial charge in [-0.15, -0.1) is 23.5 Å². The standard InChI is InChI=1S/C22H19ClN2O3S2/c23-17-3-1-2-16(12-17)20-9-8-19(28-20)13-24-25-21(26)14-27-18-6-4-15(5-7-18)22-29-10-11-30-22/h1-9,12-13,22H,10-11,14H2,(H,25,26)/b24-13-. The lowest BCUT2D eigenvalue weighted by Crippen LogP contribution is -2.24. The smallest absolute Gasteiger partial charge is 0.277 e. The van der Waals surface area contributed by atoms with Crippen LogP contribution in [0.15, 0.2) is 70.2 Å². The fraction of sp³-hybridized carbons (Fsp3) is 0.182. The van der Waals surface area contributed by atoms with Crippen LogP contribution in [0.2, 0.25) is 5.02 Å². The molecule has 2 aromatic carbocycles. The lowest BCUT2D eigenvalue weighted by molar-refractivity contribution is -0.123. The Bertz CT molecular complexity index is 1030. The van der Waals surface area contributed by atoms with E-state index in [0.29, 0.717) is 26.9 Å². The molecule has 1 aromatic heterocycles. The van der Waals surface area contributed by atoms with E-state index < -0.39 is 0 Å². The zero-order valence-corrected chi connectivity index (χ0v) is 18.3. The molecule has 0 atom stereocenters. The van der Waals surface area contributed by atoms with Gasteiger partial charge in [-0.3, -0.25) is 4.79 Å². The number of hydrazone groups is 1. The first kappa shape index (κ1) is 20.9. The van der Waals surface area contributed by atoms with Gasteiger partial charge in [-0.1, -0.05) is 35.9 Å². The van der Waals surface area contributed by atoms with Crippen molar-refractivity contribution in [2.75, 3.05) is 18.1 Å². The van der Waals surface area contributed by atoms with E-state index in [1.165, 1.54) is 23.3 Å². The Morgan fingerprint density at radius 2 is 1.97 bits per heavy atom. The van der Waals surface area contributed by atoms with Crippen molar-refractivity contribution in [3.63, 3.8) is 0 Å². The van der Waals surface area contributed by atoms with Crippen LogP contribution in [0.25, 0.3) is 11.3 Å². The van der Waals surface area contributed by atoms with Gasteiger partial charge in [0.25, 0.3) is 5.91 Å². The summed E-state index contributed by atoms with van der Waals surface area (Å²) in [5.74, 6) is 3.88. The fourth-order valence-corrected chi connectivity index (χ4v) is 5.89. The molecule has 1 saturated heterocycles. The molecule has 154 valence electrons. The maximum Gasteiger partial charge on any atom is 0.277 e. The van der Waals surface area contributed by atoms with Crippen LogP contribution in [-0.4, -0.2) is 30.2 Å². The molecule has 30 heavy (non-hydrogen) atoms. The quantitative estimate of drug-likeness (QED) is 0.368. The highest BCUT2D eigenvalue weighted by Crippen LogP contribution is 2.45. The third-order valence-electron chi connectivity index (χ3n) is 4.26. The minimum absolute atomic E-state index is 0.116. The molecule has 0 unspecified atom stereocenters. The number of ether oxygens (including phenoxy) is 1. The number of amides is 1. The van der Waals surface area contributed by atoms with Crippen molar-refractivity contribution < 1.29 is 13.9 Å². The summed E-state index contributed by atoms with van der Waals surface area (Å²) in [5, 5.41) is 4.55. The number of benzene rings is 2. The maximum absolute atomic E-state index is 11.9. The lowest BCUT2D eigenvalue weighted by Gasteiger charge is -2.09. The van der Waals surface area contributed by atoms with Crippen molar-refractivity contribution >= 4 is 47.2 Å². The highest BCUT2D eigenvalue weighted by Gasteiger charge is 2.18. The first-order valence-electron chi connectivity index (χ1n) is 9.31. The average molecular weight is 459 g/mol. The first-order chi connectivity index (χ1) is 14.7. The van der Waals surface area contributed by atoms with E-state index in [0.717, 1.165) is 5.56 Å². The van der Waals surface area contributed by atoms with Crippen LogP contribution in [0.3, 0.4) is 0 Å². The van der Waals surface area contributed by atoms with Gasteiger partial charge in [0.2, 0.25) is 0 Å². The predicted octanol–water partition coefficient (Wildman–Crippen LogP) is 5.61. The Morgan fingerprint density at radius 1 is 1.17 bits per heavy atom. The largest absolute Gasteiger partial charge is 0.484 e. The Morgan fingerprint density at radius 3 is 2.73 bits per heavy atom. The van der Waals surface area contributed by atoms with Gasteiger partial charge in [-0.05, 0) is 42.0 Å². The summed E-state index contributed by atoms with van der Waals surface area (Å²) in [5.41, 5.74) is 4.58. The van der Waals surface area contributed by atoms with Crippen molar-refractivity contribution in [1.29, 1.82) is 0 Å². The molecule has 0 spiro atoms. The van der Waals surface area contributed by atoms with Gasteiger partial charge in [0.15, 0.2) is 6.61 Å². The molecule has 1 aliphatic rings. The second kappa shape index (κ2) is 10.1. The molecule has 1 aliphatic heterocycles. The van der Waals surface area contributed by atoms with Crippen molar-refractivity contribution in [1.82, 2.24) is 5.43 Å². The molecule has 4 rings (SSSR count). The molecule has 0 bridgehead atoms. The molecule has 2 heterocycles. The Balaban J connectivity index is 1.24. The Hall–Kier alpha value is -2.35. The minimum atomic E-state index is -0.348. The van der Waals surface area contributed by atoms with Crippen LogP contribution >= 0.6 is 35.1 Å². The van der Waals surface area contributed by atoms with Gasteiger partial charge in [0.05, 0.1) is 10.8 Å². The van der Waals surface area contributed by atoms with Gasteiger partial charge >= 0.3 is 0 Å². The molecule has 1 amide bonds. The van der Waals surface area contributed by atoms with E-state index in [1.54, 1.807) is 12.1 Å². The van der Waals surface area contributed by atoms with E-state index >= 15 is 0 Å². The number of carbonyl (C=O) groups excluding carboxylic acids is 1. The van der Waals surface area contributed by atoms with Gasteiger partial charge in [-0.2, -0.15) is 5.10 Å². The molecule has 8 heteroatoms. The second-order valence-electron chi connectivity index (χ2n) is 6.44. The average Bonchev–Trinajstić information content (AvgIpc) is 3.45. The molecule has 1 fully saturated rings. The lowest BCUT2D eigenvalue weighted by atomic mass is 10.2. The molecule has 1 N–H and O–H groups in total. The summed E-state index contributed by atoms with van der Waals surface area (Å²) in [6.07, 6.45) is 1.44. The topological polar surface area (TPSA) is 63.8 Å². The predicted molar refractivity (Wildman–Crippen MR) is 124 cm³/mol. The second-order valence-corrected chi connectivity index (χ2v) is 9.60. The van der Waals surface area contributed by atoms with Crippen LogP contribution in [0.5, 0.6) is 5.75 Å². The third kappa shape index (κ3) is 5.62. The molecule has 0 saturated carbocycles. The number of carbonyl (C=O) groups is 1. The van der Waals surface area contributed by atoms with E-state index in [4.69, 9.17) is 20.8 Å². The summed E-state index contributed by atoms with van der Waals surface area (Å²) in [6.45, 7) is -0.116. The number of halogens is 1. The van der Waals surface area contributed by atoms with Gasteiger partial charge < -0.3 is 9.15 Å². The SMILES string of the molecule is O=C(COc1ccc(C2SCCS2)cc1)N/N=C\c1ccc(-c2cccc(Cl)c2)o1. The summed E-state index contributed by atoms with van der Waals surface area (Å²) in [4.78, 5) is 11.9. The summed E-state index contributed by atoms with van der Waals surface area (Å²) in [6, 6.07) is 18.9.